The van der Waals surface area contributed by atoms with E-state index in [9.17, 15) is 22.8 Å². The Morgan fingerprint density at radius 3 is 2.32 bits per heavy atom. The van der Waals surface area contributed by atoms with Gasteiger partial charge in [0.25, 0.3) is 0 Å². The Kier molecular flexibility index (Phi) is 8.68. The number of carbonyl (C=O) groups is 2. The molecule has 1 unspecified atom stereocenters. The van der Waals surface area contributed by atoms with Crippen LogP contribution in [0.1, 0.15) is 42.7 Å². The number of amides is 1. The molecule has 2 saturated heterocycles. The van der Waals surface area contributed by atoms with Crippen molar-refractivity contribution in [3.8, 4) is 5.75 Å². The number of para-hydroxylation sites is 1. The lowest BCUT2D eigenvalue weighted by Gasteiger charge is -2.42. The van der Waals surface area contributed by atoms with Crippen LogP contribution in [0, 0.1) is 23.4 Å². The van der Waals surface area contributed by atoms with Crippen molar-refractivity contribution in [1.29, 1.82) is 0 Å². The molecule has 1 amide bonds. The number of methoxy groups -OCH3 is 2. The first-order valence-electron chi connectivity index (χ1n) is 13.9. The molecule has 1 aromatic heterocycles. The van der Waals surface area contributed by atoms with Gasteiger partial charge in [-0.15, -0.1) is 0 Å². The standard InChI is InChI=1S/C31H34F3N3O4/c1-40-26-5-3-4-22-23(18-35-29(22)26)20-8-14-37(15-9-20)30(31(39)41-2)21-10-12-36(13-11-21)27(38)7-6-19-16-24(32)28(34)25(33)17-19/h3-7,16-18,20-21,30,35H,8-15H2,1-2H3/b7-6+. The van der Waals surface area contributed by atoms with E-state index >= 15 is 0 Å². The predicted molar refractivity (Wildman–Crippen MR) is 149 cm³/mol. The zero-order valence-electron chi connectivity index (χ0n) is 23.2. The second-order valence-corrected chi connectivity index (χ2v) is 10.7. The van der Waals surface area contributed by atoms with Crippen molar-refractivity contribution in [3.05, 3.63) is 71.2 Å². The van der Waals surface area contributed by atoms with Gasteiger partial charge in [0, 0.05) is 30.7 Å². The molecular weight excluding hydrogens is 535 g/mol. The van der Waals surface area contributed by atoms with Crippen LogP contribution >= 0.6 is 0 Å². The monoisotopic (exact) mass is 569 g/mol. The van der Waals surface area contributed by atoms with Crippen molar-refractivity contribution < 1.29 is 32.2 Å². The SMILES string of the molecule is COC(=O)C(C1CCN(C(=O)/C=C/c2cc(F)c(F)c(F)c2)CC1)N1CCC(c2c[nH]c3c(OC)cccc23)CC1. The van der Waals surface area contributed by atoms with E-state index in [1.807, 2.05) is 12.1 Å². The maximum Gasteiger partial charge on any atom is 0.323 e. The van der Waals surface area contributed by atoms with Gasteiger partial charge < -0.3 is 19.4 Å². The summed E-state index contributed by atoms with van der Waals surface area (Å²) in [6.07, 6.45) is 7.63. The molecule has 0 aliphatic carbocycles. The Labute approximate surface area is 236 Å². The van der Waals surface area contributed by atoms with E-state index in [2.05, 4.69) is 22.1 Å². The van der Waals surface area contributed by atoms with E-state index in [0.717, 1.165) is 54.7 Å². The Morgan fingerprint density at radius 2 is 1.68 bits per heavy atom. The number of fused-ring (bicyclic) bond motifs is 1. The van der Waals surface area contributed by atoms with E-state index in [-0.39, 0.29) is 29.4 Å². The van der Waals surface area contributed by atoms with Crippen LogP contribution in [0.15, 0.2) is 42.6 Å². The molecule has 10 heteroatoms. The summed E-state index contributed by atoms with van der Waals surface area (Å²) in [6.45, 7) is 2.41. The van der Waals surface area contributed by atoms with E-state index in [4.69, 9.17) is 9.47 Å². The number of benzene rings is 2. The largest absolute Gasteiger partial charge is 0.495 e. The van der Waals surface area contributed by atoms with Crippen LogP contribution in [-0.2, 0) is 14.3 Å². The topological polar surface area (TPSA) is 74.9 Å². The van der Waals surface area contributed by atoms with Crippen LogP contribution < -0.4 is 4.74 Å². The van der Waals surface area contributed by atoms with Gasteiger partial charge in [-0.25, -0.2) is 13.2 Å². The number of aromatic nitrogens is 1. The molecule has 0 radical (unpaired) electrons. The number of carbonyl (C=O) groups excluding carboxylic acids is 2. The molecule has 7 nitrogen and oxygen atoms in total. The molecule has 218 valence electrons. The Hall–Kier alpha value is -3.79. The number of nitrogens with one attached hydrogen (secondary N) is 1. The molecule has 5 rings (SSSR count). The van der Waals surface area contributed by atoms with Crippen molar-refractivity contribution in [2.75, 3.05) is 40.4 Å². The first kappa shape index (κ1) is 28.7. The lowest BCUT2D eigenvalue weighted by atomic mass is 9.84. The van der Waals surface area contributed by atoms with Gasteiger partial charge in [-0.1, -0.05) is 12.1 Å². The van der Waals surface area contributed by atoms with Gasteiger partial charge in [0.15, 0.2) is 17.5 Å². The number of nitrogens with zero attached hydrogens (tertiary/aromatic N) is 2. The minimum Gasteiger partial charge on any atom is -0.495 e. The van der Waals surface area contributed by atoms with Gasteiger partial charge in [-0.3, -0.25) is 14.5 Å². The van der Waals surface area contributed by atoms with Crippen LogP contribution in [0.5, 0.6) is 5.75 Å². The molecule has 41 heavy (non-hydrogen) atoms. The summed E-state index contributed by atoms with van der Waals surface area (Å²) in [7, 11) is 3.07. The fraction of sp³-hybridized carbons (Fsp3) is 0.419. The third kappa shape index (κ3) is 5.98. The maximum absolute atomic E-state index is 13.5. The number of piperidine rings is 2. The smallest absolute Gasteiger partial charge is 0.323 e. The summed E-state index contributed by atoms with van der Waals surface area (Å²) >= 11 is 0. The van der Waals surface area contributed by atoms with Crippen molar-refractivity contribution in [2.45, 2.75) is 37.6 Å². The summed E-state index contributed by atoms with van der Waals surface area (Å²) in [5, 5.41) is 1.16. The molecule has 3 aromatic rings. The van der Waals surface area contributed by atoms with E-state index in [1.165, 1.54) is 24.8 Å². The van der Waals surface area contributed by atoms with Crippen LogP contribution in [0.2, 0.25) is 0 Å². The molecule has 2 aliphatic rings. The number of ether oxygens (including phenoxy) is 2. The zero-order chi connectivity index (χ0) is 29.1. The molecular formula is C31H34F3N3O4. The minimum atomic E-state index is -1.54. The van der Waals surface area contributed by atoms with E-state index in [0.29, 0.717) is 31.8 Å². The molecule has 2 aromatic carbocycles. The van der Waals surface area contributed by atoms with Crippen molar-refractivity contribution in [1.82, 2.24) is 14.8 Å². The van der Waals surface area contributed by atoms with Crippen LogP contribution in [-0.4, -0.2) is 73.1 Å². The number of hydrogen-bond acceptors (Lipinski definition) is 5. The molecule has 0 bridgehead atoms. The summed E-state index contributed by atoms with van der Waals surface area (Å²) in [5.74, 6) is -3.52. The predicted octanol–water partition coefficient (Wildman–Crippen LogP) is 5.27. The molecule has 2 aliphatic heterocycles. The van der Waals surface area contributed by atoms with Gasteiger partial charge in [0.2, 0.25) is 5.91 Å². The first-order valence-corrected chi connectivity index (χ1v) is 13.9. The summed E-state index contributed by atoms with van der Waals surface area (Å²) in [6, 6.07) is 7.34. The fourth-order valence-electron chi connectivity index (χ4n) is 6.29. The number of esters is 1. The third-order valence-electron chi connectivity index (χ3n) is 8.46. The Balaban J connectivity index is 1.20. The second kappa shape index (κ2) is 12.4. The second-order valence-electron chi connectivity index (χ2n) is 10.7. The average Bonchev–Trinajstić information content (AvgIpc) is 3.44. The quantitative estimate of drug-likeness (QED) is 0.239. The molecule has 0 saturated carbocycles. The van der Waals surface area contributed by atoms with Crippen molar-refractivity contribution in [2.24, 2.45) is 5.92 Å². The van der Waals surface area contributed by atoms with Crippen molar-refractivity contribution in [3.63, 3.8) is 0 Å². The van der Waals surface area contributed by atoms with Gasteiger partial charge in [-0.05, 0) is 86.0 Å². The van der Waals surface area contributed by atoms with Gasteiger partial charge in [0.05, 0.1) is 19.7 Å². The normalized spacial score (nSPS) is 18.2. The summed E-state index contributed by atoms with van der Waals surface area (Å²) < 4.78 is 50.9. The molecule has 3 heterocycles. The maximum atomic E-state index is 13.5. The fourth-order valence-corrected chi connectivity index (χ4v) is 6.29. The Bertz CT molecular complexity index is 1420. The van der Waals surface area contributed by atoms with Crippen molar-refractivity contribution >= 4 is 28.9 Å². The van der Waals surface area contributed by atoms with Crippen LogP contribution in [0.25, 0.3) is 17.0 Å². The zero-order valence-corrected chi connectivity index (χ0v) is 23.2. The highest BCUT2D eigenvalue weighted by Crippen LogP contribution is 2.37. The number of hydrogen-bond donors (Lipinski definition) is 1. The average molecular weight is 570 g/mol. The molecule has 1 N–H and O–H groups in total. The van der Waals surface area contributed by atoms with Gasteiger partial charge in [0.1, 0.15) is 11.8 Å². The summed E-state index contributed by atoms with van der Waals surface area (Å²) in [5.41, 5.74) is 2.32. The molecule has 1 atom stereocenters. The number of H-pyrrole nitrogens is 1. The highest BCUT2D eigenvalue weighted by Gasteiger charge is 2.39. The Morgan fingerprint density at radius 1 is 1.00 bits per heavy atom. The van der Waals surface area contributed by atoms with Gasteiger partial charge in [-0.2, -0.15) is 0 Å². The lowest BCUT2D eigenvalue weighted by molar-refractivity contribution is -0.151. The van der Waals surface area contributed by atoms with Crippen LogP contribution in [0.4, 0.5) is 13.2 Å². The highest BCUT2D eigenvalue weighted by molar-refractivity contribution is 5.92. The van der Waals surface area contributed by atoms with Crippen LogP contribution in [0.3, 0.4) is 0 Å². The van der Waals surface area contributed by atoms with E-state index in [1.54, 1.807) is 12.0 Å². The highest BCUT2D eigenvalue weighted by atomic mass is 19.2. The minimum absolute atomic E-state index is 0.0321. The number of likely N-dealkylation sites (tertiary alicyclic amines) is 2. The molecule has 0 spiro atoms. The number of aromatic amines is 1. The van der Waals surface area contributed by atoms with Gasteiger partial charge >= 0.3 is 5.97 Å². The molecule has 2 fully saturated rings. The first-order chi connectivity index (χ1) is 19.8. The third-order valence-corrected chi connectivity index (χ3v) is 8.46. The lowest BCUT2D eigenvalue weighted by Crippen LogP contribution is -2.52. The van der Waals surface area contributed by atoms with E-state index < -0.39 is 17.5 Å². The summed E-state index contributed by atoms with van der Waals surface area (Å²) in [4.78, 5) is 32.9. The number of rotatable bonds is 7. The number of halogens is 3.